The van der Waals surface area contributed by atoms with Gasteiger partial charge in [-0.25, -0.2) is 0 Å². The predicted octanol–water partition coefficient (Wildman–Crippen LogP) is -0.293. The Hall–Kier alpha value is -1.47. The molecule has 17 heavy (non-hydrogen) atoms. The van der Waals surface area contributed by atoms with E-state index in [9.17, 15) is 4.79 Å². The zero-order chi connectivity index (χ0) is 12.5. The van der Waals surface area contributed by atoms with Crippen LogP contribution in [0.1, 0.15) is 18.5 Å². The standard InChI is InChI=1S/C10H18N4O3/c1-16-10(15)3-6-17-5-2-4-14-8-9(7-11)12-13-14/h8H,2-7,11H2,1H3. The van der Waals surface area contributed by atoms with Gasteiger partial charge in [-0.15, -0.1) is 5.10 Å². The van der Waals surface area contributed by atoms with Crippen LogP contribution in [0.3, 0.4) is 0 Å². The van der Waals surface area contributed by atoms with Crippen LogP contribution in [0.15, 0.2) is 6.20 Å². The number of aromatic nitrogens is 3. The fourth-order valence-corrected chi connectivity index (χ4v) is 1.23. The summed E-state index contributed by atoms with van der Waals surface area (Å²) in [6.07, 6.45) is 2.92. The molecule has 0 aliphatic carbocycles. The summed E-state index contributed by atoms with van der Waals surface area (Å²) in [5.41, 5.74) is 6.19. The quantitative estimate of drug-likeness (QED) is 0.497. The van der Waals surface area contributed by atoms with Gasteiger partial charge in [0.05, 0.1) is 25.8 Å². The van der Waals surface area contributed by atoms with Gasteiger partial charge >= 0.3 is 5.97 Å². The van der Waals surface area contributed by atoms with Gasteiger partial charge in [-0.3, -0.25) is 9.48 Å². The highest BCUT2D eigenvalue weighted by Crippen LogP contribution is 1.94. The van der Waals surface area contributed by atoms with Crippen LogP contribution >= 0.6 is 0 Å². The number of carbonyl (C=O) groups excluding carboxylic acids is 1. The molecule has 0 unspecified atom stereocenters. The molecule has 2 N–H and O–H groups in total. The predicted molar refractivity (Wildman–Crippen MR) is 60.0 cm³/mol. The van der Waals surface area contributed by atoms with Crippen LogP contribution in [-0.2, 0) is 27.4 Å². The Bertz CT molecular complexity index is 340. The van der Waals surface area contributed by atoms with Crippen LogP contribution in [0.25, 0.3) is 0 Å². The van der Waals surface area contributed by atoms with E-state index in [4.69, 9.17) is 10.5 Å². The Morgan fingerprint density at radius 2 is 2.35 bits per heavy atom. The summed E-state index contributed by atoms with van der Waals surface area (Å²) in [5, 5.41) is 7.77. The highest BCUT2D eigenvalue weighted by Gasteiger charge is 2.00. The van der Waals surface area contributed by atoms with Gasteiger partial charge in [0.1, 0.15) is 0 Å². The largest absolute Gasteiger partial charge is 0.469 e. The van der Waals surface area contributed by atoms with Crippen molar-refractivity contribution in [3.8, 4) is 0 Å². The minimum Gasteiger partial charge on any atom is -0.469 e. The van der Waals surface area contributed by atoms with Gasteiger partial charge in [0.2, 0.25) is 0 Å². The van der Waals surface area contributed by atoms with E-state index < -0.39 is 0 Å². The molecule has 1 heterocycles. The maximum Gasteiger partial charge on any atom is 0.307 e. The van der Waals surface area contributed by atoms with Crippen LogP contribution in [0.5, 0.6) is 0 Å². The maximum atomic E-state index is 10.8. The second-order valence-corrected chi connectivity index (χ2v) is 3.47. The van der Waals surface area contributed by atoms with Crippen LogP contribution in [0, 0.1) is 0 Å². The molecule has 0 aliphatic heterocycles. The zero-order valence-corrected chi connectivity index (χ0v) is 9.96. The molecule has 0 spiro atoms. The Balaban J connectivity index is 2.02. The van der Waals surface area contributed by atoms with Gasteiger partial charge in [0.25, 0.3) is 0 Å². The van der Waals surface area contributed by atoms with Crippen molar-refractivity contribution in [2.75, 3.05) is 20.3 Å². The Kier molecular flexibility index (Phi) is 6.19. The maximum absolute atomic E-state index is 10.8. The van der Waals surface area contributed by atoms with Crippen molar-refractivity contribution in [1.29, 1.82) is 0 Å². The molecule has 7 nitrogen and oxygen atoms in total. The smallest absolute Gasteiger partial charge is 0.307 e. The fraction of sp³-hybridized carbons (Fsp3) is 0.700. The molecular weight excluding hydrogens is 224 g/mol. The van der Waals surface area contributed by atoms with E-state index in [2.05, 4.69) is 15.0 Å². The number of nitrogens with two attached hydrogens (primary N) is 1. The van der Waals surface area contributed by atoms with Crippen molar-refractivity contribution < 1.29 is 14.3 Å². The Labute approximate surface area is 99.9 Å². The molecule has 0 atom stereocenters. The van der Waals surface area contributed by atoms with Crippen LogP contribution < -0.4 is 5.73 Å². The number of methoxy groups -OCH3 is 1. The lowest BCUT2D eigenvalue weighted by Gasteiger charge is -2.03. The topological polar surface area (TPSA) is 92.3 Å². The third-order valence-electron chi connectivity index (χ3n) is 2.15. The van der Waals surface area contributed by atoms with E-state index in [0.717, 1.165) is 18.7 Å². The van der Waals surface area contributed by atoms with Crippen molar-refractivity contribution in [1.82, 2.24) is 15.0 Å². The second kappa shape index (κ2) is 7.75. The van der Waals surface area contributed by atoms with Crippen molar-refractivity contribution in [2.45, 2.75) is 25.9 Å². The minimum atomic E-state index is -0.256. The Morgan fingerprint density at radius 3 is 3.00 bits per heavy atom. The number of nitrogens with zero attached hydrogens (tertiary/aromatic N) is 3. The lowest BCUT2D eigenvalue weighted by molar-refractivity contribution is -0.141. The molecule has 0 aromatic carbocycles. The highest BCUT2D eigenvalue weighted by atomic mass is 16.5. The molecule has 0 fully saturated rings. The molecule has 0 radical (unpaired) electrons. The highest BCUT2D eigenvalue weighted by molar-refractivity contribution is 5.69. The number of rotatable bonds is 8. The summed E-state index contributed by atoms with van der Waals surface area (Å²) in [5.74, 6) is -0.256. The lowest BCUT2D eigenvalue weighted by atomic mass is 10.4. The molecule has 0 saturated heterocycles. The van der Waals surface area contributed by atoms with Crippen molar-refractivity contribution in [3.63, 3.8) is 0 Å². The van der Waals surface area contributed by atoms with E-state index in [1.165, 1.54) is 7.11 Å². The number of carbonyl (C=O) groups is 1. The molecule has 7 heteroatoms. The molecule has 1 rings (SSSR count). The van der Waals surface area contributed by atoms with E-state index in [1.54, 1.807) is 4.68 Å². The first-order chi connectivity index (χ1) is 8.26. The second-order valence-electron chi connectivity index (χ2n) is 3.47. The monoisotopic (exact) mass is 242 g/mol. The Morgan fingerprint density at radius 1 is 1.53 bits per heavy atom. The van der Waals surface area contributed by atoms with E-state index in [1.807, 2.05) is 6.20 Å². The first-order valence-electron chi connectivity index (χ1n) is 5.50. The molecule has 1 aromatic heterocycles. The van der Waals surface area contributed by atoms with Crippen LogP contribution in [0.2, 0.25) is 0 Å². The van der Waals surface area contributed by atoms with Crippen molar-refractivity contribution in [3.05, 3.63) is 11.9 Å². The summed E-state index contributed by atoms with van der Waals surface area (Å²) in [6, 6.07) is 0. The van der Waals surface area contributed by atoms with Gasteiger partial charge in [-0.2, -0.15) is 0 Å². The first-order valence-corrected chi connectivity index (χ1v) is 5.50. The molecule has 0 aliphatic rings. The fourth-order valence-electron chi connectivity index (χ4n) is 1.23. The van der Waals surface area contributed by atoms with Gasteiger partial charge in [-0.1, -0.05) is 5.21 Å². The van der Waals surface area contributed by atoms with Crippen LogP contribution in [-0.4, -0.2) is 41.3 Å². The van der Waals surface area contributed by atoms with Gasteiger partial charge in [0, 0.05) is 25.9 Å². The lowest BCUT2D eigenvalue weighted by Crippen LogP contribution is -2.08. The molecule has 96 valence electrons. The SMILES string of the molecule is COC(=O)CCOCCCn1cc(CN)nn1. The first kappa shape index (κ1) is 13.6. The minimum absolute atomic E-state index is 0.256. The average Bonchev–Trinajstić information content (AvgIpc) is 2.81. The summed E-state index contributed by atoms with van der Waals surface area (Å²) in [7, 11) is 1.36. The van der Waals surface area contributed by atoms with Crippen LogP contribution in [0.4, 0.5) is 0 Å². The normalized spacial score (nSPS) is 10.5. The third kappa shape index (κ3) is 5.41. The average molecular weight is 242 g/mol. The van der Waals surface area contributed by atoms with Gasteiger partial charge in [-0.05, 0) is 6.42 Å². The molecular formula is C10H18N4O3. The summed E-state index contributed by atoms with van der Waals surface area (Å²) in [4.78, 5) is 10.8. The number of esters is 1. The number of hydrogen-bond donors (Lipinski definition) is 1. The van der Waals surface area contributed by atoms with Crippen molar-refractivity contribution in [2.24, 2.45) is 5.73 Å². The zero-order valence-electron chi connectivity index (χ0n) is 9.96. The van der Waals surface area contributed by atoms with Gasteiger partial charge in [0.15, 0.2) is 0 Å². The van der Waals surface area contributed by atoms with E-state index in [-0.39, 0.29) is 12.4 Å². The molecule has 0 bridgehead atoms. The number of ether oxygens (including phenoxy) is 2. The van der Waals surface area contributed by atoms with Gasteiger partial charge < -0.3 is 15.2 Å². The molecule has 0 saturated carbocycles. The molecule has 0 amide bonds. The van der Waals surface area contributed by atoms with E-state index in [0.29, 0.717) is 19.8 Å². The number of aryl methyl sites for hydroxylation is 1. The van der Waals surface area contributed by atoms with Crippen molar-refractivity contribution >= 4 is 5.97 Å². The van der Waals surface area contributed by atoms with E-state index >= 15 is 0 Å². The summed E-state index contributed by atoms with van der Waals surface area (Å²) >= 11 is 0. The molecule has 1 aromatic rings. The number of hydrogen-bond acceptors (Lipinski definition) is 6. The third-order valence-corrected chi connectivity index (χ3v) is 2.15. The summed E-state index contributed by atoms with van der Waals surface area (Å²) < 4.78 is 11.5. The summed E-state index contributed by atoms with van der Waals surface area (Å²) in [6.45, 7) is 2.09.